The predicted molar refractivity (Wildman–Crippen MR) is 91.6 cm³/mol. The van der Waals surface area contributed by atoms with Gasteiger partial charge in [-0.15, -0.1) is 0 Å². The first kappa shape index (κ1) is 20.7. The van der Waals surface area contributed by atoms with Gasteiger partial charge < -0.3 is 25.2 Å². The number of ketones is 1. The highest BCUT2D eigenvalue weighted by Crippen LogP contribution is 2.21. The number of hydrogen-bond donors (Lipinski definition) is 3. The van der Waals surface area contributed by atoms with Crippen molar-refractivity contribution in [2.24, 2.45) is 0 Å². The first-order chi connectivity index (χ1) is 11.9. The predicted octanol–water partition coefficient (Wildman–Crippen LogP) is 0.964. The zero-order valence-electron chi connectivity index (χ0n) is 14.7. The number of aromatic amines is 1. The van der Waals surface area contributed by atoms with Crippen molar-refractivity contribution in [1.82, 2.24) is 10.3 Å². The summed E-state index contributed by atoms with van der Waals surface area (Å²) >= 11 is 0. The van der Waals surface area contributed by atoms with Crippen LogP contribution in [0.1, 0.15) is 32.4 Å². The van der Waals surface area contributed by atoms with E-state index in [1.165, 1.54) is 7.11 Å². The Labute approximate surface area is 146 Å². The number of hydrogen-bond acceptors (Lipinski definition) is 7. The maximum absolute atomic E-state index is 12.2. The molecule has 8 nitrogen and oxygen atoms in total. The van der Waals surface area contributed by atoms with Gasteiger partial charge in [0.1, 0.15) is 6.04 Å². The quantitative estimate of drug-likeness (QED) is 0.293. The van der Waals surface area contributed by atoms with Crippen molar-refractivity contribution in [2.45, 2.75) is 44.4 Å². The van der Waals surface area contributed by atoms with Crippen LogP contribution in [-0.4, -0.2) is 55.0 Å². The summed E-state index contributed by atoms with van der Waals surface area (Å²) in [6.07, 6.45) is 2.91. The first-order valence-electron chi connectivity index (χ1n) is 8.01. The van der Waals surface area contributed by atoms with Crippen LogP contribution < -0.4 is 5.32 Å². The standard InChI is InChI=1S/C17H25N3O5/c1-12(2)25-16(23)14(7-6-13(22)9-18)20-10-17(11-21,24-3)15-5-4-8-19-15/h4-5,8-9,11-12,14,18-20H,6-7,10H2,1-3H3/t14-,17-/m0/s1. The Bertz CT molecular complexity index is 585. The fraction of sp³-hybridized carbons (Fsp3) is 0.529. The average molecular weight is 351 g/mol. The molecule has 0 amide bonds. The number of aromatic nitrogens is 1. The van der Waals surface area contributed by atoms with Gasteiger partial charge in [0.2, 0.25) is 0 Å². The summed E-state index contributed by atoms with van der Waals surface area (Å²) in [5.41, 5.74) is -0.741. The summed E-state index contributed by atoms with van der Waals surface area (Å²) in [5.74, 6) is -0.905. The van der Waals surface area contributed by atoms with Crippen molar-refractivity contribution in [1.29, 1.82) is 5.41 Å². The van der Waals surface area contributed by atoms with Crippen molar-refractivity contribution in [3.63, 3.8) is 0 Å². The Kier molecular flexibility index (Phi) is 8.17. The molecule has 138 valence electrons. The second-order valence-corrected chi connectivity index (χ2v) is 5.86. The van der Waals surface area contributed by atoms with Gasteiger partial charge in [0.25, 0.3) is 0 Å². The van der Waals surface area contributed by atoms with E-state index < -0.39 is 17.6 Å². The van der Waals surface area contributed by atoms with Crippen molar-refractivity contribution < 1.29 is 23.9 Å². The van der Waals surface area contributed by atoms with Crippen LogP contribution >= 0.6 is 0 Å². The molecule has 0 fully saturated rings. The smallest absolute Gasteiger partial charge is 0.323 e. The zero-order valence-corrected chi connectivity index (χ0v) is 14.7. The van der Waals surface area contributed by atoms with Crippen LogP contribution in [-0.2, 0) is 29.5 Å². The van der Waals surface area contributed by atoms with Crippen LogP contribution in [0, 0.1) is 5.41 Å². The number of methoxy groups -OCH3 is 1. The SMILES string of the molecule is CO[C@](C=O)(CN[C@@H](CCC(=O)C=N)C(=O)OC(C)C)c1ccc[nH]1. The highest BCUT2D eigenvalue weighted by Gasteiger charge is 2.35. The molecule has 0 aromatic carbocycles. The molecule has 3 N–H and O–H groups in total. The fourth-order valence-electron chi connectivity index (χ4n) is 2.28. The molecule has 1 aromatic heterocycles. The lowest BCUT2D eigenvalue weighted by atomic mass is 10.00. The number of rotatable bonds is 12. The largest absolute Gasteiger partial charge is 0.462 e. The van der Waals surface area contributed by atoms with Gasteiger partial charge in [0, 0.05) is 26.3 Å². The molecule has 1 heterocycles. The third kappa shape index (κ3) is 5.91. The van der Waals surface area contributed by atoms with Gasteiger partial charge in [-0.3, -0.25) is 14.4 Å². The van der Waals surface area contributed by atoms with Crippen LogP contribution in [0.15, 0.2) is 18.3 Å². The molecule has 0 radical (unpaired) electrons. The van der Waals surface area contributed by atoms with E-state index in [1.807, 2.05) is 0 Å². The molecule has 0 saturated heterocycles. The molecule has 1 rings (SSSR count). The van der Waals surface area contributed by atoms with Crippen LogP contribution in [0.2, 0.25) is 0 Å². The Hall–Kier alpha value is -2.32. The monoisotopic (exact) mass is 351 g/mol. The van der Waals surface area contributed by atoms with Crippen LogP contribution in [0.4, 0.5) is 0 Å². The van der Waals surface area contributed by atoms with E-state index in [2.05, 4.69) is 10.3 Å². The van der Waals surface area contributed by atoms with Gasteiger partial charge in [-0.2, -0.15) is 0 Å². The summed E-state index contributed by atoms with van der Waals surface area (Å²) in [6, 6.07) is 2.65. The molecule has 0 aliphatic carbocycles. The Balaban J connectivity index is 2.87. The van der Waals surface area contributed by atoms with Gasteiger partial charge in [-0.1, -0.05) is 0 Å². The summed E-state index contributed by atoms with van der Waals surface area (Å²) in [5, 5.41) is 9.90. The van der Waals surface area contributed by atoms with Crippen molar-refractivity contribution in [3.05, 3.63) is 24.0 Å². The summed E-state index contributed by atoms with van der Waals surface area (Å²) in [4.78, 5) is 38.2. The van der Waals surface area contributed by atoms with Crippen LogP contribution in [0.5, 0.6) is 0 Å². The lowest BCUT2D eigenvalue weighted by Gasteiger charge is -2.28. The lowest BCUT2D eigenvalue weighted by molar-refractivity contribution is -0.151. The summed E-state index contributed by atoms with van der Waals surface area (Å²) in [6.45, 7) is 3.47. The van der Waals surface area contributed by atoms with E-state index in [-0.39, 0.29) is 31.3 Å². The highest BCUT2D eigenvalue weighted by molar-refractivity contribution is 6.26. The number of esters is 1. The highest BCUT2D eigenvalue weighted by atomic mass is 16.5. The molecular formula is C17H25N3O5. The topological polar surface area (TPSA) is 121 Å². The molecule has 0 aliphatic heterocycles. The number of ether oxygens (including phenoxy) is 2. The van der Waals surface area contributed by atoms with Gasteiger partial charge in [0.05, 0.1) is 18.0 Å². The van der Waals surface area contributed by atoms with Crippen LogP contribution in [0.3, 0.4) is 0 Å². The zero-order chi connectivity index (χ0) is 18.9. The number of carbonyl (C=O) groups excluding carboxylic acids is 3. The molecule has 0 bridgehead atoms. The third-order valence-electron chi connectivity index (χ3n) is 3.70. The van der Waals surface area contributed by atoms with E-state index in [0.29, 0.717) is 18.2 Å². The Morgan fingerprint density at radius 3 is 2.64 bits per heavy atom. The molecule has 1 aromatic rings. The number of nitrogens with one attached hydrogen (secondary N) is 3. The molecule has 0 aliphatic rings. The fourth-order valence-corrected chi connectivity index (χ4v) is 2.28. The van der Waals surface area contributed by atoms with E-state index in [1.54, 1.807) is 32.2 Å². The molecular weight excluding hydrogens is 326 g/mol. The first-order valence-corrected chi connectivity index (χ1v) is 8.01. The molecule has 0 saturated carbocycles. The van der Waals surface area contributed by atoms with Crippen molar-refractivity contribution in [2.75, 3.05) is 13.7 Å². The number of Topliss-reactive ketones (excluding diaryl/α,β-unsaturated/α-hetero) is 1. The molecule has 8 heteroatoms. The van der Waals surface area contributed by atoms with Gasteiger partial charge >= 0.3 is 5.97 Å². The van der Waals surface area contributed by atoms with E-state index in [4.69, 9.17) is 14.9 Å². The number of H-pyrrole nitrogens is 1. The average Bonchev–Trinajstić information content (AvgIpc) is 3.12. The van der Waals surface area contributed by atoms with Crippen molar-refractivity contribution >= 4 is 24.3 Å². The number of aldehydes is 1. The third-order valence-corrected chi connectivity index (χ3v) is 3.70. The molecule has 25 heavy (non-hydrogen) atoms. The molecule has 0 unspecified atom stereocenters. The minimum Gasteiger partial charge on any atom is -0.462 e. The van der Waals surface area contributed by atoms with E-state index in [9.17, 15) is 14.4 Å². The lowest BCUT2D eigenvalue weighted by Crippen LogP contribution is -2.48. The minimum atomic E-state index is -1.29. The second kappa shape index (κ2) is 9.85. The minimum absolute atomic E-state index is 0.0180. The maximum atomic E-state index is 12.2. The van der Waals surface area contributed by atoms with Gasteiger partial charge in [0.15, 0.2) is 17.7 Å². The van der Waals surface area contributed by atoms with E-state index >= 15 is 0 Å². The summed E-state index contributed by atoms with van der Waals surface area (Å²) < 4.78 is 10.6. The Morgan fingerprint density at radius 2 is 2.16 bits per heavy atom. The maximum Gasteiger partial charge on any atom is 0.323 e. The normalized spacial score (nSPS) is 14.6. The van der Waals surface area contributed by atoms with Gasteiger partial charge in [-0.25, -0.2) is 0 Å². The Morgan fingerprint density at radius 1 is 1.44 bits per heavy atom. The van der Waals surface area contributed by atoms with E-state index in [0.717, 1.165) is 0 Å². The van der Waals surface area contributed by atoms with Crippen molar-refractivity contribution in [3.8, 4) is 0 Å². The number of carbonyl (C=O) groups is 3. The van der Waals surface area contributed by atoms with Gasteiger partial charge in [-0.05, 0) is 32.4 Å². The van der Waals surface area contributed by atoms with Crippen LogP contribution in [0.25, 0.3) is 0 Å². The second-order valence-electron chi connectivity index (χ2n) is 5.86. The molecule has 2 atom stereocenters. The summed E-state index contributed by atoms with van der Waals surface area (Å²) in [7, 11) is 1.40. The molecule has 0 spiro atoms.